The zero-order valence-electron chi connectivity index (χ0n) is 13.2. The first kappa shape index (κ1) is 21.2. The highest BCUT2D eigenvalue weighted by Crippen LogP contribution is 1.90. The molecule has 0 rings (SSSR count). The molecule has 2 N–H and O–H groups in total. The molecule has 0 saturated heterocycles. The molecule has 0 aliphatic rings. The number of allylic oxidation sites excluding steroid dienone is 6. The fraction of sp³-hybridized carbons (Fsp3) is 0.556. The van der Waals surface area contributed by atoms with Crippen molar-refractivity contribution in [1.29, 1.82) is 0 Å². The molecule has 0 bridgehead atoms. The molecular formula is C18H32O2. The van der Waals surface area contributed by atoms with E-state index in [-0.39, 0.29) is 13.2 Å². The number of aliphatic hydroxyl groups is 2. The van der Waals surface area contributed by atoms with Crippen molar-refractivity contribution in [2.75, 3.05) is 13.2 Å². The van der Waals surface area contributed by atoms with Gasteiger partial charge in [0.1, 0.15) is 0 Å². The summed E-state index contributed by atoms with van der Waals surface area (Å²) >= 11 is 0. The summed E-state index contributed by atoms with van der Waals surface area (Å²) in [6.07, 6.45) is 22.4. The average molecular weight is 280 g/mol. The first-order chi connectivity index (χ1) is 9.83. The van der Waals surface area contributed by atoms with E-state index >= 15 is 0 Å². The van der Waals surface area contributed by atoms with Crippen LogP contribution >= 0.6 is 0 Å². The van der Waals surface area contributed by atoms with Gasteiger partial charge < -0.3 is 10.2 Å². The summed E-state index contributed by atoms with van der Waals surface area (Å²) in [5.74, 6) is 0. The molecule has 116 valence electrons. The zero-order valence-corrected chi connectivity index (χ0v) is 13.2. The minimum atomic E-state index is 0.258. The number of rotatable bonds is 10. The summed E-state index contributed by atoms with van der Waals surface area (Å²) in [6, 6.07) is 0. The maximum absolute atomic E-state index is 8.40. The summed E-state index contributed by atoms with van der Waals surface area (Å²) in [6.45, 7) is 4.75. The second-order valence-electron chi connectivity index (χ2n) is 4.20. The Morgan fingerprint density at radius 1 is 0.550 bits per heavy atom. The Hall–Kier alpha value is -1.12. The Bertz CT molecular complexity index is 235. The Kier molecular flexibility index (Phi) is 24.4. The van der Waals surface area contributed by atoms with E-state index in [1.165, 1.54) is 0 Å². The third-order valence-corrected chi connectivity index (χ3v) is 2.27. The number of hydrogen-bond acceptors (Lipinski definition) is 2. The van der Waals surface area contributed by atoms with Crippen LogP contribution in [-0.2, 0) is 0 Å². The lowest BCUT2D eigenvalue weighted by molar-refractivity contribution is 0.302. The van der Waals surface area contributed by atoms with E-state index in [2.05, 4.69) is 50.3 Å². The quantitative estimate of drug-likeness (QED) is 0.576. The van der Waals surface area contributed by atoms with E-state index in [0.29, 0.717) is 0 Å². The number of hydrogen-bond donors (Lipinski definition) is 2. The summed E-state index contributed by atoms with van der Waals surface area (Å²) in [7, 11) is 0. The third kappa shape index (κ3) is 25.7. The maximum Gasteiger partial charge on any atom is 0.0465 e. The molecule has 0 fully saturated rings. The molecule has 0 amide bonds. The lowest BCUT2D eigenvalue weighted by atomic mass is 10.3. The Morgan fingerprint density at radius 3 is 1.20 bits per heavy atom. The van der Waals surface area contributed by atoms with Crippen molar-refractivity contribution >= 4 is 0 Å². The highest BCUT2D eigenvalue weighted by Gasteiger charge is 1.73. The maximum atomic E-state index is 8.40. The van der Waals surface area contributed by atoms with Crippen molar-refractivity contribution in [3.05, 3.63) is 48.6 Å². The van der Waals surface area contributed by atoms with Crippen LogP contribution in [0.1, 0.15) is 52.4 Å². The van der Waals surface area contributed by atoms with Crippen LogP contribution in [0, 0.1) is 0 Å². The fourth-order valence-electron chi connectivity index (χ4n) is 1.26. The molecule has 0 atom stereocenters. The van der Waals surface area contributed by atoms with Crippen molar-refractivity contribution in [3.63, 3.8) is 0 Å². The molecule has 0 spiro atoms. The minimum Gasteiger partial charge on any atom is -0.396 e. The third-order valence-electron chi connectivity index (χ3n) is 2.27. The van der Waals surface area contributed by atoms with Gasteiger partial charge in [-0.05, 0) is 38.5 Å². The SMILES string of the molecule is CC/C=C\C/C=C/CCO.CC/C=C\C/C=C/CCO. The molecular weight excluding hydrogens is 248 g/mol. The van der Waals surface area contributed by atoms with Crippen molar-refractivity contribution in [3.8, 4) is 0 Å². The van der Waals surface area contributed by atoms with Gasteiger partial charge in [0.05, 0.1) is 0 Å². The predicted octanol–water partition coefficient (Wildman–Crippen LogP) is 4.56. The fourth-order valence-corrected chi connectivity index (χ4v) is 1.26. The normalized spacial score (nSPS) is 11.8. The summed E-state index contributed by atoms with van der Waals surface area (Å²) < 4.78 is 0. The Labute approximate surface area is 125 Å². The van der Waals surface area contributed by atoms with Crippen molar-refractivity contribution in [2.24, 2.45) is 0 Å². The van der Waals surface area contributed by atoms with Crippen LogP contribution in [0.5, 0.6) is 0 Å². The monoisotopic (exact) mass is 280 g/mol. The lowest BCUT2D eigenvalue weighted by Crippen LogP contribution is -1.74. The van der Waals surface area contributed by atoms with E-state index in [1.807, 2.05) is 12.2 Å². The van der Waals surface area contributed by atoms with Crippen molar-refractivity contribution in [1.82, 2.24) is 0 Å². The summed E-state index contributed by atoms with van der Waals surface area (Å²) in [5, 5.41) is 16.8. The molecule has 0 aromatic heterocycles. The van der Waals surface area contributed by atoms with Gasteiger partial charge in [0.25, 0.3) is 0 Å². The van der Waals surface area contributed by atoms with Crippen molar-refractivity contribution in [2.45, 2.75) is 52.4 Å². The van der Waals surface area contributed by atoms with Gasteiger partial charge in [-0.15, -0.1) is 0 Å². The van der Waals surface area contributed by atoms with Crippen LogP contribution in [0.2, 0.25) is 0 Å². The second kappa shape index (κ2) is 23.0. The van der Waals surface area contributed by atoms with E-state index in [0.717, 1.165) is 38.5 Å². The van der Waals surface area contributed by atoms with Crippen LogP contribution in [0.15, 0.2) is 48.6 Å². The zero-order chi connectivity index (χ0) is 15.3. The van der Waals surface area contributed by atoms with Crippen LogP contribution in [-0.4, -0.2) is 23.4 Å². The minimum absolute atomic E-state index is 0.258. The van der Waals surface area contributed by atoms with Crippen LogP contribution < -0.4 is 0 Å². The first-order valence-corrected chi connectivity index (χ1v) is 7.65. The van der Waals surface area contributed by atoms with Gasteiger partial charge in [-0.1, -0.05) is 62.5 Å². The largest absolute Gasteiger partial charge is 0.396 e. The highest BCUT2D eigenvalue weighted by atomic mass is 16.3. The summed E-state index contributed by atoms with van der Waals surface area (Å²) in [5.41, 5.74) is 0. The number of aliphatic hydroxyl groups excluding tert-OH is 2. The predicted molar refractivity (Wildman–Crippen MR) is 89.8 cm³/mol. The molecule has 0 radical (unpaired) electrons. The molecule has 2 heteroatoms. The molecule has 0 heterocycles. The van der Waals surface area contributed by atoms with Gasteiger partial charge in [0.15, 0.2) is 0 Å². The van der Waals surface area contributed by atoms with E-state index < -0.39 is 0 Å². The summed E-state index contributed by atoms with van der Waals surface area (Å²) in [4.78, 5) is 0. The van der Waals surface area contributed by atoms with Crippen molar-refractivity contribution < 1.29 is 10.2 Å². The van der Waals surface area contributed by atoms with Crippen LogP contribution in [0.25, 0.3) is 0 Å². The van der Waals surface area contributed by atoms with Gasteiger partial charge in [0.2, 0.25) is 0 Å². The van der Waals surface area contributed by atoms with Gasteiger partial charge in [-0.25, -0.2) is 0 Å². The molecule has 0 aromatic rings. The highest BCUT2D eigenvalue weighted by molar-refractivity contribution is 4.92. The van der Waals surface area contributed by atoms with E-state index in [1.54, 1.807) is 0 Å². The first-order valence-electron chi connectivity index (χ1n) is 7.65. The van der Waals surface area contributed by atoms with Gasteiger partial charge in [-0.2, -0.15) is 0 Å². The molecule has 0 aliphatic carbocycles. The van der Waals surface area contributed by atoms with Gasteiger partial charge >= 0.3 is 0 Å². The topological polar surface area (TPSA) is 40.5 Å². The van der Waals surface area contributed by atoms with E-state index in [4.69, 9.17) is 10.2 Å². The standard InChI is InChI=1S/2C9H16O/c2*1-2-3-4-5-6-7-8-9-10/h2*3-4,6-7,10H,2,5,8-9H2,1H3/b2*4-3-,7-6+. The molecule has 0 unspecified atom stereocenters. The average Bonchev–Trinajstić information content (AvgIpc) is 2.47. The van der Waals surface area contributed by atoms with Gasteiger partial charge in [-0.3, -0.25) is 0 Å². The van der Waals surface area contributed by atoms with Gasteiger partial charge in [0, 0.05) is 13.2 Å². The molecule has 0 saturated carbocycles. The Balaban J connectivity index is 0. The smallest absolute Gasteiger partial charge is 0.0465 e. The lowest BCUT2D eigenvalue weighted by Gasteiger charge is -1.83. The van der Waals surface area contributed by atoms with Crippen LogP contribution in [0.4, 0.5) is 0 Å². The molecule has 0 aliphatic heterocycles. The Morgan fingerprint density at radius 2 is 0.900 bits per heavy atom. The van der Waals surface area contributed by atoms with Crippen LogP contribution in [0.3, 0.4) is 0 Å². The van der Waals surface area contributed by atoms with E-state index in [9.17, 15) is 0 Å². The molecule has 2 nitrogen and oxygen atoms in total. The molecule has 20 heavy (non-hydrogen) atoms. The second-order valence-corrected chi connectivity index (χ2v) is 4.20. The molecule has 0 aromatic carbocycles.